The number of nitrogens with zero attached hydrogens (tertiary/aromatic N) is 2. The molecule has 1 fully saturated rings. The van der Waals surface area contributed by atoms with Crippen LogP contribution in [0.1, 0.15) is 32.8 Å². The van der Waals surface area contributed by atoms with Gasteiger partial charge in [0.25, 0.3) is 0 Å². The van der Waals surface area contributed by atoms with Gasteiger partial charge in [0, 0.05) is 11.2 Å². The van der Waals surface area contributed by atoms with E-state index in [9.17, 15) is 22.2 Å². The van der Waals surface area contributed by atoms with Crippen LogP contribution in [-0.4, -0.2) is 32.0 Å². The summed E-state index contributed by atoms with van der Waals surface area (Å²) >= 11 is 0. The summed E-state index contributed by atoms with van der Waals surface area (Å²) in [6.07, 6.45) is -4.67. The zero-order valence-corrected chi connectivity index (χ0v) is 14.4. The molecule has 1 aliphatic heterocycles. The van der Waals surface area contributed by atoms with Gasteiger partial charge in [-0.2, -0.15) is 17.5 Å². The molecule has 2 N–H and O–H groups in total. The van der Waals surface area contributed by atoms with E-state index < -0.39 is 39.5 Å². The Morgan fingerprint density at radius 3 is 2.46 bits per heavy atom. The Labute approximate surface area is 141 Å². The standard InChI is InChI=1S/C15H20F3N3O2S/c1-14(2,3)21-9-20(13(24(21)23)8-12(19)22)11-6-4-5-10(7-11)15(16,17)18/h4-7,13H,8-9H2,1-3H3,(H2,19,22). The van der Waals surface area contributed by atoms with Crippen LogP contribution >= 0.6 is 0 Å². The number of carbonyl (C=O) groups excluding carboxylic acids is 1. The minimum absolute atomic E-state index is 0.148. The summed E-state index contributed by atoms with van der Waals surface area (Å²) in [6.45, 7) is 5.70. The van der Waals surface area contributed by atoms with Gasteiger partial charge in [-0.25, -0.2) is 4.21 Å². The van der Waals surface area contributed by atoms with E-state index in [-0.39, 0.29) is 18.8 Å². The van der Waals surface area contributed by atoms with Crippen LogP contribution in [0.25, 0.3) is 0 Å². The fourth-order valence-corrected chi connectivity index (χ4v) is 4.27. The van der Waals surface area contributed by atoms with Gasteiger partial charge in [-0.15, -0.1) is 0 Å². The number of benzene rings is 1. The first-order chi connectivity index (χ1) is 10.9. The summed E-state index contributed by atoms with van der Waals surface area (Å²) in [5.41, 5.74) is 4.22. The van der Waals surface area contributed by atoms with Crippen LogP contribution < -0.4 is 10.6 Å². The Morgan fingerprint density at radius 1 is 1.33 bits per heavy atom. The van der Waals surface area contributed by atoms with Gasteiger partial charge < -0.3 is 10.6 Å². The second-order valence-corrected chi connectivity index (χ2v) is 8.15. The van der Waals surface area contributed by atoms with E-state index in [1.807, 2.05) is 20.8 Å². The van der Waals surface area contributed by atoms with Crippen LogP contribution in [0.4, 0.5) is 18.9 Å². The maximum atomic E-state index is 12.9. The highest BCUT2D eigenvalue weighted by Gasteiger charge is 2.44. The molecule has 1 aliphatic rings. The van der Waals surface area contributed by atoms with Gasteiger partial charge in [-0.05, 0) is 39.0 Å². The van der Waals surface area contributed by atoms with Crippen LogP contribution in [0.3, 0.4) is 0 Å². The molecule has 0 aromatic heterocycles. The second-order valence-electron chi connectivity index (χ2n) is 6.61. The first-order valence-corrected chi connectivity index (χ1v) is 8.49. The third kappa shape index (κ3) is 3.89. The number of hydrogen-bond acceptors (Lipinski definition) is 3. The SMILES string of the molecule is CC(C)(C)N1CN(c2cccc(C(F)(F)F)c2)C(CC(N)=O)S1=O. The van der Waals surface area contributed by atoms with E-state index in [1.165, 1.54) is 12.1 Å². The third-order valence-corrected chi connectivity index (χ3v) is 5.69. The topological polar surface area (TPSA) is 66.6 Å². The molecule has 0 radical (unpaired) electrons. The largest absolute Gasteiger partial charge is 0.416 e. The van der Waals surface area contributed by atoms with Gasteiger partial charge in [0.2, 0.25) is 5.91 Å². The lowest BCUT2D eigenvalue weighted by atomic mass is 10.1. The van der Waals surface area contributed by atoms with Gasteiger partial charge in [-0.1, -0.05) is 6.07 Å². The molecule has 1 amide bonds. The van der Waals surface area contributed by atoms with Crippen molar-refractivity contribution in [2.24, 2.45) is 5.73 Å². The molecule has 1 aromatic rings. The lowest BCUT2D eigenvalue weighted by molar-refractivity contribution is -0.137. The summed E-state index contributed by atoms with van der Waals surface area (Å²) in [6, 6.07) is 4.77. The molecule has 0 saturated carbocycles. The van der Waals surface area contributed by atoms with Crippen molar-refractivity contribution in [1.29, 1.82) is 0 Å². The second kappa shape index (κ2) is 6.36. The van der Waals surface area contributed by atoms with Gasteiger partial charge in [0.05, 0.1) is 18.7 Å². The van der Waals surface area contributed by atoms with Crippen LogP contribution in [0.15, 0.2) is 24.3 Å². The molecule has 9 heteroatoms. The number of amides is 1. The quantitative estimate of drug-likeness (QED) is 0.897. The van der Waals surface area contributed by atoms with Crippen molar-refractivity contribution in [3.8, 4) is 0 Å². The van der Waals surface area contributed by atoms with Crippen molar-refractivity contribution in [3.63, 3.8) is 0 Å². The van der Waals surface area contributed by atoms with Gasteiger partial charge in [-0.3, -0.25) is 4.79 Å². The normalized spacial score (nSPS) is 22.8. The minimum Gasteiger partial charge on any atom is -0.370 e. The summed E-state index contributed by atoms with van der Waals surface area (Å²) in [7, 11) is -1.57. The van der Waals surface area contributed by atoms with Crippen molar-refractivity contribution < 1.29 is 22.2 Å². The number of carbonyl (C=O) groups is 1. The third-order valence-electron chi connectivity index (χ3n) is 3.71. The molecule has 0 bridgehead atoms. The average Bonchev–Trinajstić information content (AvgIpc) is 2.75. The fourth-order valence-electron chi connectivity index (χ4n) is 2.49. The van der Waals surface area contributed by atoms with E-state index in [1.54, 1.807) is 9.21 Å². The summed E-state index contributed by atoms with van der Waals surface area (Å²) in [4.78, 5) is 12.9. The Balaban J connectivity index is 2.42. The van der Waals surface area contributed by atoms with Crippen molar-refractivity contribution >= 4 is 22.6 Å². The molecule has 2 unspecified atom stereocenters. The molecule has 24 heavy (non-hydrogen) atoms. The van der Waals surface area contributed by atoms with Crippen LogP contribution in [-0.2, 0) is 22.0 Å². The molecule has 1 aromatic carbocycles. The lowest BCUT2D eigenvalue weighted by Crippen LogP contribution is -2.41. The summed E-state index contributed by atoms with van der Waals surface area (Å²) in [5, 5.41) is -0.787. The van der Waals surface area contributed by atoms with E-state index in [2.05, 4.69) is 0 Å². The average molecular weight is 363 g/mol. The van der Waals surface area contributed by atoms with Crippen molar-refractivity contribution in [2.75, 3.05) is 11.6 Å². The predicted molar refractivity (Wildman–Crippen MR) is 86.1 cm³/mol. The van der Waals surface area contributed by atoms with E-state index in [4.69, 9.17) is 5.73 Å². The maximum Gasteiger partial charge on any atom is 0.416 e. The highest BCUT2D eigenvalue weighted by Crippen LogP contribution is 2.36. The highest BCUT2D eigenvalue weighted by atomic mass is 32.2. The Morgan fingerprint density at radius 2 is 1.96 bits per heavy atom. The number of nitrogens with two attached hydrogens (primary N) is 1. The van der Waals surface area contributed by atoms with Crippen molar-refractivity contribution in [1.82, 2.24) is 4.31 Å². The predicted octanol–water partition coefficient (Wildman–Crippen LogP) is 2.45. The molecule has 0 spiro atoms. The van der Waals surface area contributed by atoms with Crippen LogP contribution in [0, 0.1) is 0 Å². The first kappa shape index (κ1) is 18.7. The molecule has 2 rings (SSSR count). The van der Waals surface area contributed by atoms with E-state index >= 15 is 0 Å². The molecule has 1 heterocycles. The number of primary amides is 1. The van der Waals surface area contributed by atoms with Gasteiger partial charge >= 0.3 is 6.18 Å². The summed E-state index contributed by atoms with van der Waals surface area (Å²) < 4.78 is 53.2. The molecule has 5 nitrogen and oxygen atoms in total. The van der Waals surface area contributed by atoms with Crippen molar-refractivity contribution in [3.05, 3.63) is 29.8 Å². The summed E-state index contributed by atoms with van der Waals surface area (Å²) in [5.74, 6) is -0.652. The Bertz CT molecular complexity index is 658. The van der Waals surface area contributed by atoms with Gasteiger partial charge in [0.15, 0.2) is 0 Å². The fraction of sp³-hybridized carbons (Fsp3) is 0.533. The van der Waals surface area contributed by atoms with Crippen molar-refractivity contribution in [2.45, 2.75) is 44.3 Å². The molecule has 134 valence electrons. The van der Waals surface area contributed by atoms with E-state index in [0.717, 1.165) is 12.1 Å². The monoisotopic (exact) mass is 363 g/mol. The Hall–Kier alpha value is -1.61. The molecule has 2 atom stereocenters. The van der Waals surface area contributed by atoms with Crippen LogP contribution in [0.5, 0.6) is 0 Å². The molecular formula is C15H20F3N3O2S. The number of halogens is 3. The maximum absolute atomic E-state index is 12.9. The smallest absolute Gasteiger partial charge is 0.370 e. The van der Waals surface area contributed by atoms with Gasteiger partial charge in [0.1, 0.15) is 16.4 Å². The molecular weight excluding hydrogens is 343 g/mol. The number of rotatable bonds is 3. The number of hydrogen-bond donors (Lipinski definition) is 1. The zero-order chi connectivity index (χ0) is 18.3. The van der Waals surface area contributed by atoms with Crippen LogP contribution in [0.2, 0.25) is 0 Å². The highest BCUT2D eigenvalue weighted by molar-refractivity contribution is 7.83. The molecule has 1 saturated heterocycles. The number of anilines is 1. The van der Waals surface area contributed by atoms with E-state index in [0.29, 0.717) is 0 Å². The molecule has 0 aliphatic carbocycles. The number of alkyl halides is 3. The first-order valence-electron chi connectivity index (χ1n) is 7.32. The Kier molecular flexibility index (Phi) is 4.96. The minimum atomic E-state index is -4.47. The zero-order valence-electron chi connectivity index (χ0n) is 13.6. The lowest BCUT2D eigenvalue weighted by Gasteiger charge is -2.29.